The standard InChI is InChI=1S/C10H9F3O2/c11-10(12,13)6-8-4-2-1-3-7(8)5-9(14)15/h1-4H,5-6H2,(H,14,15). The first-order valence-corrected chi connectivity index (χ1v) is 4.24. The van der Waals surface area contributed by atoms with Gasteiger partial charge in [0, 0.05) is 0 Å². The van der Waals surface area contributed by atoms with E-state index in [4.69, 9.17) is 5.11 Å². The third kappa shape index (κ3) is 4.01. The van der Waals surface area contributed by atoms with E-state index in [1.165, 1.54) is 24.3 Å². The van der Waals surface area contributed by atoms with Crippen LogP contribution in [0.3, 0.4) is 0 Å². The minimum absolute atomic E-state index is 0.0207. The number of carboxylic acid groups (broad SMARTS) is 1. The molecular formula is C10H9F3O2. The molecule has 82 valence electrons. The molecule has 0 aliphatic heterocycles. The summed E-state index contributed by atoms with van der Waals surface area (Å²) in [6.07, 6.45) is -5.78. The second kappa shape index (κ2) is 4.33. The fourth-order valence-corrected chi connectivity index (χ4v) is 1.28. The minimum atomic E-state index is -4.31. The second-order valence-electron chi connectivity index (χ2n) is 3.13. The molecule has 0 fully saturated rings. The topological polar surface area (TPSA) is 37.3 Å². The Kier molecular flexibility index (Phi) is 3.34. The van der Waals surface area contributed by atoms with Crippen LogP contribution in [0.1, 0.15) is 11.1 Å². The molecule has 0 atom stereocenters. The van der Waals surface area contributed by atoms with Gasteiger partial charge >= 0.3 is 12.1 Å². The molecule has 0 aromatic heterocycles. The third-order valence-electron chi connectivity index (χ3n) is 1.85. The molecule has 0 aliphatic carbocycles. The van der Waals surface area contributed by atoms with Crippen LogP contribution in [0.25, 0.3) is 0 Å². The van der Waals surface area contributed by atoms with Crippen molar-refractivity contribution in [3.8, 4) is 0 Å². The summed E-state index contributed by atoms with van der Waals surface area (Å²) in [6, 6.07) is 5.69. The van der Waals surface area contributed by atoms with Crippen LogP contribution < -0.4 is 0 Å². The largest absolute Gasteiger partial charge is 0.481 e. The number of aliphatic carboxylic acids is 1. The van der Waals surface area contributed by atoms with Crippen LogP contribution in [0.15, 0.2) is 24.3 Å². The number of alkyl halides is 3. The summed E-state index contributed by atoms with van der Waals surface area (Å²) in [6.45, 7) is 0. The first-order chi connectivity index (χ1) is 6.88. The highest BCUT2D eigenvalue weighted by molar-refractivity contribution is 5.70. The predicted octanol–water partition coefficient (Wildman–Crippen LogP) is 2.42. The maximum Gasteiger partial charge on any atom is 0.393 e. The van der Waals surface area contributed by atoms with E-state index in [-0.39, 0.29) is 17.5 Å². The summed E-state index contributed by atoms with van der Waals surface area (Å²) in [7, 11) is 0. The molecular weight excluding hydrogens is 209 g/mol. The smallest absolute Gasteiger partial charge is 0.393 e. The van der Waals surface area contributed by atoms with Crippen molar-refractivity contribution in [1.29, 1.82) is 0 Å². The van der Waals surface area contributed by atoms with Gasteiger partial charge in [-0.25, -0.2) is 0 Å². The summed E-state index contributed by atoms with van der Waals surface area (Å²) in [5, 5.41) is 8.51. The molecule has 0 saturated carbocycles. The molecule has 0 spiro atoms. The summed E-state index contributed by atoms with van der Waals surface area (Å²) in [5.41, 5.74) is 0.231. The highest BCUT2D eigenvalue weighted by atomic mass is 19.4. The summed E-state index contributed by atoms with van der Waals surface area (Å²) < 4.78 is 36.3. The van der Waals surface area contributed by atoms with Crippen molar-refractivity contribution in [2.75, 3.05) is 0 Å². The van der Waals surface area contributed by atoms with Crippen LogP contribution >= 0.6 is 0 Å². The number of carbonyl (C=O) groups is 1. The Hall–Kier alpha value is -1.52. The quantitative estimate of drug-likeness (QED) is 0.845. The number of rotatable bonds is 3. The molecule has 0 heterocycles. The maximum atomic E-state index is 12.1. The van der Waals surface area contributed by atoms with Gasteiger partial charge in [-0.3, -0.25) is 4.79 Å². The van der Waals surface area contributed by atoms with Crippen molar-refractivity contribution in [3.63, 3.8) is 0 Å². The van der Waals surface area contributed by atoms with Gasteiger partial charge in [0.25, 0.3) is 0 Å². The van der Waals surface area contributed by atoms with Crippen molar-refractivity contribution < 1.29 is 23.1 Å². The molecule has 0 bridgehead atoms. The molecule has 1 N–H and O–H groups in total. The number of hydrogen-bond acceptors (Lipinski definition) is 1. The lowest BCUT2D eigenvalue weighted by Crippen LogP contribution is -2.14. The lowest BCUT2D eigenvalue weighted by atomic mass is 10.0. The molecule has 0 saturated heterocycles. The minimum Gasteiger partial charge on any atom is -0.481 e. The van der Waals surface area contributed by atoms with Gasteiger partial charge in [0.15, 0.2) is 0 Å². The average Bonchev–Trinajstić information content (AvgIpc) is 2.05. The Morgan fingerprint density at radius 1 is 1.20 bits per heavy atom. The van der Waals surface area contributed by atoms with Crippen molar-refractivity contribution in [2.45, 2.75) is 19.0 Å². The predicted molar refractivity (Wildman–Crippen MR) is 47.5 cm³/mol. The van der Waals surface area contributed by atoms with Crippen LogP contribution in [-0.4, -0.2) is 17.3 Å². The molecule has 1 aromatic carbocycles. The van der Waals surface area contributed by atoms with Gasteiger partial charge in [-0.2, -0.15) is 13.2 Å². The van der Waals surface area contributed by atoms with Crippen LogP contribution in [0.5, 0.6) is 0 Å². The third-order valence-corrected chi connectivity index (χ3v) is 1.85. The Balaban J connectivity index is 2.91. The van der Waals surface area contributed by atoms with E-state index in [2.05, 4.69) is 0 Å². The molecule has 1 rings (SSSR count). The van der Waals surface area contributed by atoms with Gasteiger partial charge in [0.2, 0.25) is 0 Å². The van der Waals surface area contributed by atoms with Crippen LogP contribution in [-0.2, 0) is 17.6 Å². The van der Waals surface area contributed by atoms with Crippen LogP contribution in [0.2, 0.25) is 0 Å². The monoisotopic (exact) mass is 218 g/mol. The van der Waals surface area contributed by atoms with E-state index in [1.807, 2.05) is 0 Å². The Morgan fingerprint density at radius 3 is 2.20 bits per heavy atom. The number of carboxylic acids is 1. The van der Waals surface area contributed by atoms with E-state index in [1.54, 1.807) is 0 Å². The summed E-state index contributed by atoms with van der Waals surface area (Å²) in [4.78, 5) is 10.4. The van der Waals surface area contributed by atoms with Crippen molar-refractivity contribution in [3.05, 3.63) is 35.4 Å². The summed E-state index contributed by atoms with van der Waals surface area (Å²) in [5.74, 6) is -1.13. The van der Waals surface area contributed by atoms with Crippen LogP contribution in [0.4, 0.5) is 13.2 Å². The zero-order valence-electron chi connectivity index (χ0n) is 7.71. The van der Waals surface area contributed by atoms with E-state index >= 15 is 0 Å². The molecule has 5 heteroatoms. The van der Waals surface area contributed by atoms with Crippen molar-refractivity contribution >= 4 is 5.97 Å². The van der Waals surface area contributed by atoms with Gasteiger partial charge < -0.3 is 5.11 Å². The highest BCUT2D eigenvalue weighted by Crippen LogP contribution is 2.23. The Bertz CT molecular complexity index is 358. The molecule has 0 radical (unpaired) electrons. The van der Waals surface area contributed by atoms with Crippen LogP contribution in [0, 0.1) is 0 Å². The van der Waals surface area contributed by atoms with E-state index < -0.39 is 18.6 Å². The maximum absolute atomic E-state index is 12.1. The van der Waals surface area contributed by atoms with E-state index in [9.17, 15) is 18.0 Å². The first-order valence-electron chi connectivity index (χ1n) is 4.24. The fraction of sp³-hybridized carbons (Fsp3) is 0.300. The molecule has 0 amide bonds. The van der Waals surface area contributed by atoms with E-state index in [0.717, 1.165) is 0 Å². The average molecular weight is 218 g/mol. The Morgan fingerprint density at radius 2 is 1.73 bits per heavy atom. The second-order valence-corrected chi connectivity index (χ2v) is 3.13. The molecule has 0 aliphatic rings. The fourth-order valence-electron chi connectivity index (χ4n) is 1.28. The lowest BCUT2D eigenvalue weighted by molar-refractivity contribution is -0.136. The SMILES string of the molecule is O=C(O)Cc1ccccc1CC(F)(F)F. The normalized spacial score (nSPS) is 11.4. The van der Waals surface area contributed by atoms with Crippen molar-refractivity contribution in [1.82, 2.24) is 0 Å². The van der Waals surface area contributed by atoms with E-state index in [0.29, 0.717) is 0 Å². The number of halogens is 3. The first kappa shape index (κ1) is 11.6. The van der Waals surface area contributed by atoms with Gasteiger partial charge in [0.1, 0.15) is 0 Å². The number of benzene rings is 1. The zero-order valence-corrected chi connectivity index (χ0v) is 7.71. The molecule has 15 heavy (non-hydrogen) atoms. The van der Waals surface area contributed by atoms with Gasteiger partial charge in [0.05, 0.1) is 12.8 Å². The van der Waals surface area contributed by atoms with Gasteiger partial charge in [-0.05, 0) is 11.1 Å². The zero-order chi connectivity index (χ0) is 11.5. The van der Waals surface area contributed by atoms with Gasteiger partial charge in [-0.15, -0.1) is 0 Å². The molecule has 0 unspecified atom stereocenters. The highest BCUT2D eigenvalue weighted by Gasteiger charge is 2.28. The lowest BCUT2D eigenvalue weighted by Gasteiger charge is -2.10. The molecule has 1 aromatic rings. The van der Waals surface area contributed by atoms with Gasteiger partial charge in [-0.1, -0.05) is 24.3 Å². The summed E-state index contributed by atoms with van der Waals surface area (Å²) >= 11 is 0. The number of hydrogen-bond donors (Lipinski definition) is 1. The van der Waals surface area contributed by atoms with Crippen molar-refractivity contribution in [2.24, 2.45) is 0 Å². The Labute approximate surface area is 84.3 Å². The molecule has 2 nitrogen and oxygen atoms in total.